The number of fused-ring (bicyclic) bond motifs is 1. The van der Waals surface area contributed by atoms with Crippen LogP contribution in [0.5, 0.6) is 5.75 Å². The second kappa shape index (κ2) is 7.76. The normalized spacial score (nSPS) is 21.5. The van der Waals surface area contributed by atoms with Crippen LogP contribution in [0, 0.1) is 11.8 Å². The van der Waals surface area contributed by atoms with E-state index >= 15 is 0 Å². The average molecular weight is 398 g/mol. The second-order valence-corrected chi connectivity index (χ2v) is 7.63. The highest BCUT2D eigenvalue weighted by molar-refractivity contribution is 6.30. The molecule has 1 saturated carbocycles. The van der Waals surface area contributed by atoms with Crippen LogP contribution in [-0.4, -0.2) is 24.2 Å². The van der Waals surface area contributed by atoms with Crippen LogP contribution in [-0.2, 0) is 9.59 Å². The van der Waals surface area contributed by atoms with Crippen molar-refractivity contribution in [2.75, 3.05) is 11.5 Å². The first-order valence-electron chi connectivity index (χ1n) is 9.44. The number of hydrogen-bond donors (Lipinski definition) is 0. The Labute approximate surface area is 168 Å². The third-order valence-corrected chi connectivity index (χ3v) is 5.72. The van der Waals surface area contributed by atoms with Crippen LogP contribution in [0.2, 0.25) is 5.02 Å². The van der Waals surface area contributed by atoms with Gasteiger partial charge in [0.25, 0.3) is 0 Å². The van der Waals surface area contributed by atoms with Crippen molar-refractivity contribution in [3.63, 3.8) is 0 Å². The molecule has 5 nitrogen and oxygen atoms in total. The fraction of sp³-hybridized carbons (Fsp3) is 0.318. The van der Waals surface area contributed by atoms with Gasteiger partial charge in [0.1, 0.15) is 5.75 Å². The largest absolute Gasteiger partial charge is 0.483 e. The number of nitrogens with zero attached hydrogens (tertiary/aromatic N) is 1. The van der Waals surface area contributed by atoms with Crippen molar-refractivity contribution in [2.45, 2.75) is 25.7 Å². The molecule has 2 aromatic carbocycles. The molecule has 0 bridgehead atoms. The highest BCUT2D eigenvalue weighted by Crippen LogP contribution is 2.42. The predicted octanol–water partition coefficient (Wildman–Crippen LogP) is 4.28. The first-order chi connectivity index (χ1) is 13.6. The topological polar surface area (TPSA) is 63.7 Å². The third-order valence-electron chi connectivity index (χ3n) is 5.47. The number of carbonyl (C=O) groups is 3. The minimum atomic E-state index is -0.231. The van der Waals surface area contributed by atoms with Gasteiger partial charge in [-0.2, -0.15) is 0 Å². The van der Waals surface area contributed by atoms with E-state index in [9.17, 15) is 14.4 Å². The zero-order chi connectivity index (χ0) is 19.7. The number of para-hydroxylation sites is 2. The zero-order valence-electron chi connectivity index (χ0n) is 15.3. The van der Waals surface area contributed by atoms with Crippen LogP contribution in [0.15, 0.2) is 48.5 Å². The van der Waals surface area contributed by atoms with Gasteiger partial charge in [0.05, 0.1) is 17.5 Å². The van der Waals surface area contributed by atoms with E-state index in [1.54, 1.807) is 48.5 Å². The molecular formula is C22H20ClNO4. The smallest absolute Gasteiger partial charge is 0.237 e. The maximum absolute atomic E-state index is 12.9. The third kappa shape index (κ3) is 3.42. The Morgan fingerprint density at radius 3 is 2.21 bits per heavy atom. The van der Waals surface area contributed by atoms with Crippen LogP contribution in [0.25, 0.3) is 0 Å². The van der Waals surface area contributed by atoms with Crippen molar-refractivity contribution in [3.8, 4) is 5.75 Å². The fourth-order valence-electron chi connectivity index (χ4n) is 4.03. The number of Topliss-reactive ketones (excluding diaryl/α,β-unsaturated/α-hetero) is 1. The quantitative estimate of drug-likeness (QED) is 0.558. The van der Waals surface area contributed by atoms with Gasteiger partial charge in [0.2, 0.25) is 11.8 Å². The van der Waals surface area contributed by atoms with Gasteiger partial charge in [-0.3, -0.25) is 14.4 Å². The number of ether oxygens (including phenoxy) is 1. The lowest BCUT2D eigenvalue weighted by molar-refractivity contribution is -0.122. The zero-order valence-corrected chi connectivity index (χ0v) is 16.0. The maximum atomic E-state index is 12.9. The highest BCUT2D eigenvalue weighted by Gasteiger charge is 2.49. The Hall–Kier alpha value is -2.66. The summed E-state index contributed by atoms with van der Waals surface area (Å²) < 4.78 is 5.72. The summed E-state index contributed by atoms with van der Waals surface area (Å²) >= 11 is 5.85. The molecule has 1 saturated heterocycles. The average Bonchev–Trinajstić information content (AvgIpc) is 2.97. The van der Waals surface area contributed by atoms with E-state index in [4.69, 9.17) is 16.3 Å². The Balaban J connectivity index is 1.54. The SMILES string of the molecule is O=C(COc1ccccc1N1C(=O)[C@H]2CCCC[C@@H]2C1=O)c1ccc(Cl)cc1. The van der Waals surface area contributed by atoms with Gasteiger partial charge in [-0.1, -0.05) is 36.6 Å². The van der Waals surface area contributed by atoms with Gasteiger partial charge < -0.3 is 4.74 Å². The minimum absolute atomic E-state index is 0.158. The van der Waals surface area contributed by atoms with E-state index < -0.39 is 0 Å². The van der Waals surface area contributed by atoms with Gasteiger partial charge in [0.15, 0.2) is 12.4 Å². The molecule has 6 heteroatoms. The van der Waals surface area contributed by atoms with Crippen LogP contribution in [0.3, 0.4) is 0 Å². The van der Waals surface area contributed by atoms with Gasteiger partial charge in [0, 0.05) is 10.6 Å². The van der Waals surface area contributed by atoms with E-state index in [0.29, 0.717) is 22.0 Å². The number of ketones is 1. The van der Waals surface area contributed by atoms with Gasteiger partial charge in [-0.15, -0.1) is 0 Å². The van der Waals surface area contributed by atoms with Crippen LogP contribution in [0.4, 0.5) is 5.69 Å². The Bertz CT molecular complexity index is 900. The molecule has 1 aliphatic carbocycles. The highest BCUT2D eigenvalue weighted by atomic mass is 35.5. The van der Waals surface area contributed by atoms with Gasteiger partial charge >= 0.3 is 0 Å². The molecule has 2 atom stereocenters. The molecule has 2 aliphatic rings. The van der Waals surface area contributed by atoms with Crippen molar-refractivity contribution >= 4 is 34.9 Å². The molecule has 2 amide bonds. The number of halogens is 1. The molecule has 0 N–H and O–H groups in total. The van der Waals surface area contributed by atoms with Crippen molar-refractivity contribution in [1.82, 2.24) is 0 Å². The minimum Gasteiger partial charge on any atom is -0.483 e. The summed E-state index contributed by atoms with van der Waals surface area (Å²) in [5, 5.41) is 0.551. The summed E-state index contributed by atoms with van der Waals surface area (Å²) in [4.78, 5) is 39.4. The molecule has 0 unspecified atom stereocenters. The molecule has 1 aliphatic heterocycles. The molecule has 2 aromatic rings. The number of imide groups is 1. The number of hydrogen-bond acceptors (Lipinski definition) is 4. The lowest BCUT2D eigenvalue weighted by Crippen LogP contribution is -2.31. The van der Waals surface area contributed by atoms with Gasteiger partial charge in [-0.05, 0) is 49.2 Å². The Kier molecular flexibility index (Phi) is 5.18. The molecule has 0 spiro atoms. The molecule has 0 aromatic heterocycles. The lowest BCUT2D eigenvalue weighted by atomic mass is 9.81. The molecule has 1 heterocycles. The van der Waals surface area contributed by atoms with E-state index in [1.807, 2.05) is 0 Å². The van der Waals surface area contributed by atoms with Crippen molar-refractivity contribution < 1.29 is 19.1 Å². The molecule has 144 valence electrons. The number of rotatable bonds is 5. The molecule has 4 rings (SSSR count). The molecule has 0 radical (unpaired) electrons. The molecule has 28 heavy (non-hydrogen) atoms. The van der Waals surface area contributed by atoms with Crippen molar-refractivity contribution in [3.05, 3.63) is 59.1 Å². The van der Waals surface area contributed by atoms with E-state index in [0.717, 1.165) is 25.7 Å². The summed E-state index contributed by atoms with van der Waals surface area (Å²) in [7, 11) is 0. The van der Waals surface area contributed by atoms with Crippen LogP contribution < -0.4 is 9.64 Å². The first-order valence-corrected chi connectivity index (χ1v) is 9.82. The lowest BCUT2D eigenvalue weighted by Gasteiger charge is -2.19. The molecular weight excluding hydrogens is 378 g/mol. The predicted molar refractivity (Wildman–Crippen MR) is 106 cm³/mol. The summed E-state index contributed by atoms with van der Waals surface area (Å²) in [6, 6.07) is 13.4. The maximum Gasteiger partial charge on any atom is 0.237 e. The first kappa shape index (κ1) is 18.7. The molecule has 2 fully saturated rings. The van der Waals surface area contributed by atoms with Crippen LogP contribution in [0.1, 0.15) is 36.0 Å². The number of carbonyl (C=O) groups excluding carboxylic acids is 3. The number of benzene rings is 2. The Morgan fingerprint density at radius 2 is 1.57 bits per heavy atom. The van der Waals surface area contributed by atoms with E-state index in [2.05, 4.69) is 0 Å². The standard InChI is InChI=1S/C22H20ClNO4/c23-15-11-9-14(10-12-15)19(25)13-28-20-8-4-3-7-18(20)24-21(26)16-5-1-2-6-17(16)22(24)27/h3-4,7-12,16-17H,1-2,5-6,13H2/t16-,17-/m0/s1. The summed E-state index contributed by atoms with van der Waals surface area (Å²) in [6.07, 6.45) is 3.46. The van der Waals surface area contributed by atoms with Crippen LogP contribution >= 0.6 is 11.6 Å². The van der Waals surface area contributed by atoms with Crippen molar-refractivity contribution in [1.29, 1.82) is 0 Å². The fourth-order valence-corrected chi connectivity index (χ4v) is 4.15. The van der Waals surface area contributed by atoms with Crippen molar-refractivity contribution in [2.24, 2.45) is 11.8 Å². The summed E-state index contributed by atoms with van der Waals surface area (Å²) in [5.41, 5.74) is 0.900. The van der Waals surface area contributed by atoms with E-state index in [-0.39, 0.29) is 36.0 Å². The monoisotopic (exact) mass is 397 g/mol. The number of amides is 2. The summed E-state index contributed by atoms with van der Waals surface area (Å²) in [5.74, 6) is -0.635. The van der Waals surface area contributed by atoms with E-state index in [1.165, 1.54) is 4.90 Å². The van der Waals surface area contributed by atoms with Gasteiger partial charge in [-0.25, -0.2) is 4.90 Å². The number of anilines is 1. The summed E-state index contributed by atoms with van der Waals surface area (Å²) in [6.45, 7) is -0.193. The second-order valence-electron chi connectivity index (χ2n) is 7.20. The Morgan fingerprint density at radius 1 is 0.964 bits per heavy atom.